The van der Waals surface area contributed by atoms with E-state index in [9.17, 15) is 0 Å². The minimum absolute atomic E-state index is 0.836. The van der Waals surface area contributed by atoms with E-state index in [1.807, 2.05) is 6.07 Å². The van der Waals surface area contributed by atoms with E-state index in [-0.39, 0.29) is 0 Å². The van der Waals surface area contributed by atoms with Gasteiger partial charge in [-0.15, -0.1) is 0 Å². The molecule has 1 aliphatic rings. The molecule has 0 amide bonds. The third kappa shape index (κ3) is 5.43. The van der Waals surface area contributed by atoms with Crippen molar-refractivity contribution in [2.24, 2.45) is 0 Å². The average molecular weight is 640 g/mol. The molecule has 236 valence electrons. The maximum Gasteiger partial charge on any atom is 0.135 e. The topological polar surface area (TPSA) is 12.5 Å². The lowest BCUT2D eigenvalue weighted by atomic mass is 9.87. The first-order chi connectivity index (χ1) is 24.8. The van der Waals surface area contributed by atoms with E-state index >= 15 is 0 Å². The lowest BCUT2D eigenvalue weighted by Crippen LogP contribution is -2.10. The highest BCUT2D eigenvalue weighted by molar-refractivity contribution is 6.00. The lowest BCUT2D eigenvalue weighted by Gasteiger charge is -2.27. The van der Waals surface area contributed by atoms with Crippen LogP contribution in [0.25, 0.3) is 55.6 Å². The number of para-hydroxylation sites is 1. The van der Waals surface area contributed by atoms with Gasteiger partial charge in [-0.1, -0.05) is 152 Å². The fourth-order valence-electron chi connectivity index (χ4n) is 7.10. The minimum Gasteiger partial charge on any atom is -0.456 e. The van der Waals surface area contributed by atoms with Gasteiger partial charge in [-0.3, -0.25) is 0 Å². The summed E-state index contributed by atoms with van der Waals surface area (Å²) in [6.45, 7) is 0. The standard InChI is InChI=1S/C48H33NO/c1-4-14-34(15-5-1)36-26-28-39(29-27-36)49(40-21-12-20-38(32-40)35-16-6-2-7-17-35)41-30-31-47-45(33-41)43-24-13-23-42(37-18-8-3-9-19-37)48(43)44-22-10-11-25-46(44)50-47/h1-33H. The van der Waals surface area contributed by atoms with Gasteiger partial charge in [0, 0.05) is 33.8 Å². The quantitative estimate of drug-likeness (QED) is 0.179. The first-order valence-electron chi connectivity index (χ1n) is 17.0. The largest absolute Gasteiger partial charge is 0.456 e. The minimum atomic E-state index is 0.836. The third-order valence-corrected chi connectivity index (χ3v) is 9.48. The first-order valence-corrected chi connectivity index (χ1v) is 17.0. The van der Waals surface area contributed by atoms with Crippen LogP contribution < -0.4 is 9.64 Å². The zero-order chi connectivity index (χ0) is 33.3. The van der Waals surface area contributed by atoms with E-state index in [4.69, 9.17) is 4.74 Å². The van der Waals surface area contributed by atoms with Gasteiger partial charge in [-0.25, -0.2) is 0 Å². The number of benzene rings is 8. The Morgan fingerprint density at radius 3 is 1.52 bits per heavy atom. The van der Waals surface area contributed by atoms with Crippen LogP contribution in [0.15, 0.2) is 200 Å². The van der Waals surface area contributed by atoms with Crippen LogP contribution >= 0.6 is 0 Å². The highest BCUT2D eigenvalue weighted by atomic mass is 16.5. The van der Waals surface area contributed by atoms with Crippen LogP contribution in [0.4, 0.5) is 17.1 Å². The van der Waals surface area contributed by atoms with Gasteiger partial charge >= 0.3 is 0 Å². The fraction of sp³-hybridized carbons (Fsp3) is 0. The number of hydrogen-bond acceptors (Lipinski definition) is 2. The molecule has 1 heterocycles. The molecule has 8 aromatic carbocycles. The molecule has 0 atom stereocenters. The van der Waals surface area contributed by atoms with Gasteiger partial charge in [0.15, 0.2) is 0 Å². The van der Waals surface area contributed by atoms with Gasteiger partial charge in [0.25, 0.3) is 0 Å². The number of ether oxygens (including phenoxy) is 1. The van der Waals surface area contributed by atoms with E-state index in [0.29, 0.717) is 0 Å². The third-order valence-electron chi connectivity index (χ3n) is 9.48. The van der Waals surface area contributed by atoms with Crippen molar-refractivity contribution in [3.8, 4) is 67.1 Å². The van der Waals surface area contributed by atoms with E-state index in [1.54, 1.807) is 0 Å². The summed E-state index contributed by atoms with van der Waals surface area (Å²) < 4.78 is 6.75. The number of nitrogens with zero attached hydrogens (tertiary/aromatic N) is 1. The molecular weight excluding hydrogens is 607 g/mol. The summed E-state index contributed by atoms with van der Waals surface area (Å²) in [5.41, 5.74) is 14.8. The van der Waals surface area contributed by atoms with E-state index in [2.05, 4.69) is 199 Å². The fourth-order valence-corrected chi connectivity index (χ4v) is 7.10. The van der Waals surface area contributed by atoms with Crippen LogP contribution in [0.1, 0.15) is 0 Å². The summed E-state index contributed by atoms with van der Waals surface area (Å²) in [5, 5.41) is 0. The molecule has 0 saturated heterocycles. The molecule has 0 saturated carbocycles. The summed E-state index contributed by atoms with van der Waals surface area (Å²) >= 11 is 0. The Balaban J connectivity index is 1.24. The summed E-state index contributed by atoms with van der Waals surface area (Å²) in [4.78, 5) is 2.35. The molecule has 0 N–H and O–H groups in total. The molecule has 8 aromatic rings. The zero-order valence-electron chi connectivity index (χ0n) is 27.4. The van der Waals surface area contributed by atoms with Crippen molar-refractivity contribution in [2.75, 3.05) is 4.90 Å². The molecule has 0 unspecified atom stereocenters. The maximum absolute atomic E-state index is 6.75. The Morgan fingerprint density at radius 2 is 0.780 bits per heavy atom. The Kier molecular flexibility index (Phi) is 7.53. The SMILES string of the molecule is c1ccc(-c2ccc(N(c3cccc(-c4ccccc4)c3)c3ccc4c(c3)-c3cccc(-c5ccccc5)c3-c3ccccc3O4)cc2)cc1. The Bertz CT molecular complexity index is 2430. The van der Waals surface area contributed by atoms with E-state index in [0.717, 1.165) is 45.3 Å². The number of hydrogen-bond donors (Lipinski definition) is 0. The van der Waals surface area contributed by atoms with Crippen molar-refractivity contribution >= 4 is 17.1 Å². The van der Waals surface area contributed by atoms with Crippen LogP contribution in [0, 0.1) is 0 Å². The average Bonchev–Trinajstić information content (AvgIpc) is 3.34. The molecular formula is C48H33NO. The van der Waals surface area contributed by atoms with Gasteiger partial charge < -0.3 is 9.64 Å². The second kappa shape index (κ2) is 12.8. The first kappa shape index (κ1) is 29.5. The molecule has 0 fully saturated rings. The lowest BCUT2D eigenvalue weighted by molar-refractivity contribution is 0.488. The van der Waals surface area contributed by atoms with Gasteiger partial charge in [-0.05, 0) is 87.5 Å². The molecule has 0 bridgehead atoms. The maximum atomic E-state index is 6.75. The predicted molar refractivity (Wildman–Crippen MR) is 208 cm³/mol. The number of fused-ring (bicyclic) bond motifs is 5. The molecule has 2 heteroatoms. The van der Waals surface area contributed by atoms with Crippen LogP contribution in [0.5, 0.6) is 11.5 Å². The monoisotopic (exact) mass is 639 g/mol. The van der Waals surface area contributed by atoms with Crippen molar-refractivity contribution in [3.05, 3.63) is 200 Å². The summed E-state index contributed by atoms with van der Waals surface area (Å²) in [5.74, 6) is 1.69. The molecule has 0 aromatic heterocycles. The summed E-state index contributed by atoms with van der Waals surface area (Å²) in [6.07, 6.45) is 0. The molecule has 0 radical (unpaired) electrons. The van der Waals surface area contributed by atoms with Crippen molar-refractivity contribution in [1.29, 1.82) is 0 Å². The molecule has 2 nitrogen and oxygen atoms in total. The molecule has 0 spiro atoms. The smallest absolute Gasteiger partial charge is 0.135 e. The summed E-state index contributed by atoms with van der Waals surface area (Å²) in [7, 11) is 0. The normalized spacial score (nSPS) is 11.4. The summed E-state index contributed by atoms with van der Waals surface area (Å²) in [6, 6.07) is 71.0. The van der Waals surface area contributed by atoms with E-state index in [1.165, 1.54) is 38.9 Å². The van der Waals surface area contributed by atoms with Gasteiger partial charge in [-0.2, -0.15) is 0 Å². The van der Waals surface area contributed by atoms with Gasteiger partial charge in [0.2, 0.25) is 0 Å². The highest BCUT2D eigenvalue weighted by Crippen LogP contribution is 2.51. The van der Waals surface area contributed by atoms with Crippen LogP contribution in [-0.4, -0.2) is 0 Å². The number of anilines is 3. The molecule has 9 rings (SSSR count). The van der Waals surface area contributed by atoms with E-state index < -0.39 is 0 Å². The highest BCUT2D eigenvalue weighted by Gasteiger charge is 2.25. The van der Waals surface area contributed by atoms with Crippen molar-refractivity contribution in [3.63, 3.8) is 0 Å². The van der Waals surface area contributed by atoms with Crippen LogP contribution in [-0.2, 0) is 0 Å². The predicted octanol–water partition coefficient (Wildman–Crippen LogP) is 13.6. The Labute approximate surface area is 293 Å². The van der Waals surface area contributed by atoms with Gasteiger partial charge in [0.1, 0.15) is 11.5 Å². The van der Waals surface area contributed by atoms with Crippen molar-refractivity contribution < 1.29 is 4.74 Å². The molecule has 1 aliphatic heterocycles. The molecule has 0 aliphatic carbocycles. The second-order valence-electron chi connectivity index (χ2n) is 12.5. The van der Waals surface area contributed by atoms with Gasteiger partial charge in [0.05, 0.1) is 0 Å². The van der Waals surface area contributed by atoms with Crippen LogP contribution in [0.3, 0.4) is 0 Å². The Hall–Kier alpha value is -6.64. The van der Waals surface area contributed by atoms with Crippen molar-refractivity contribution in [2.45, 2.75) is 0 Å². The number of rotatable bonds is 6. The Morgan fingerprint density at radius 1 is 0.280 bits per heavy atom. The van der Waals surface area contributed by atoms with Crippen LogP contribution in [0.2, 0.25) is 0 Å². The second-order valence-corrected chi connectivity index (χ2v) is 12.5. The molecule has 50 heavy (non-hydrogen) atoms. The zero-order valence-corrected chi connectivity index (χ0v) is 27.4. The van der Waals surface area contributed by atoms with Crippen molar-refractivity contribution in [1.82, 2.24) is 0 Å².